The predicted octanol–water partition coefficient (Wildman–Crippen LogP) is 9.72. The van der Waals surface area contributed by atoms with Crippen molar-refractivity contribution in [1.82, 2.24) is 0 Å². The highest BCUT2D eigenvalue weighted by atomic mass is 16.7. The molecule has 0 N–H and O–H groups in total. The van der Waals surface area contributed by atoms with Gasteiger partial charge in [-0.15, -0.1) is 0 Å². The Bertz CT molecular complexity index is 2750. The van der Waals surface area contributed by atoms with Crippen LogP contribution in [0.3, 0.4) is 0 Å². The van der Waals surface area contributed by atoms with Crippen LogP contribution in [-0.2, 0) is 28.4 Å². The van der Waals surface area contributed by atoms with Crippen LogP contribution in [-0.4, -0.2) is 93.7 Å². The molecule has 6 aromatic rings. The number of hydrogen-bond acceptors (Lipinski definition) is 14. The van der Waals surface area contributed by atoms with Crippen LogP contribution in [0.25, 0.3) is 22.3 Å². The van der Waals surface area contributed by atoms with E-state index >= 15 is 0 Å². The number of ether oxygens (including phenoxy) is 10. The van der Waals surface area contributed by atoms with Crippen LogP contribution in [0, 0.1) is 0 Å². The van der Waals surface area contributed by atoms with Crippen molar-refractivity contribution in [2.24, 2.45) is 0 Å². The Hall–Kier alpha value is -7.36. The van der Waals surface area contributed by atoms with E-state index in [2.05, 4.69) is 6.92 Å². The summed E-state index contributed by atoms with van der Waals surface area (Å²) in [4.78, 5) is 52.0. The molecule has 6 aromatic carbocycles. The maximum absolute atomic E-state index is 13.3. The van der Waals surface area contributed by atoms with E-state index in [0.29, 0.717) is 58.5 Å². The van der Waals surface area contributed by atoms with Crippen molar-refractivity contribution in [3.63, 3.8) is 0 Å². The van der Waals surface area contributed by atoms with Crippen LogP contribution in [0.5, 0.6) is 23.0 Å². The second-order valence-electron chi connectivity index (χ2n) is 17.5. The van der Waals surface area contributed by atoms with Gasteiger partial charge in [0.05, 0.1) is 55.8 Å². The summed E-state index contributed by atoms with van der Waals surface area (Å²) in [5.74, 6) is -0.0629. The molecule has 0 aliphatic carbocycles. The first kappa shape index (κ1) is 47.7. The van der Waals surface area contributed by atoms with Crippen molar-refractivity contribution in [2.45, 2.75) is 69.4 Å². The molecule has 3 aliphatic rings. The minimum Gasteiger partial charge on any atom is -0.497 e. The van der Waals surface area contributed by atoms with Gasteiger partial charge in [0.1, 0.15) is 40.8 Å². The second kappa shape index (κ2) is 21.5. The molecule has 0 bridgehead atoms. The fraction of sp³-hybridized carbons (Fsp3) is 0.286. The summed E-state index contributed by atoms with van der Waals surface area (Å²) >= 11 is 0. The van der Waals surface area contributed by atoms with Crippen LogP contribution < -0.4 is 18.9 Å². The lowest BCUT2D eigenvalue weighted by Crippen LogP contribution is -2.36. The van der Waals surface area contributed by atoms with E-state index in [1.807, 2.05) is 43.3 Å². The molecule has 3 saturated heterocycles. The van der Waals surface area contributed by atoms with Crippen LogP contribution in [0.15, 0.2) is 146 Å². The lowest BCUT2D eigenvalue weighted by molar-refractivity contribution is -0.0984. The molecule has 360 valence electrons. The average Bonchev–Trinajstić information content (AvgIpc) is 3.80. The van der Waals surface area contributed by atoms with Gasteiger partial charge in [-0.3, -0.25) is 0 Å². The zero-order chi connectivity index (χ0) is 48.6. The van der Waals surface area contributed by atoms with Crippen LogP contribution in [0.1, 0.15) is 74.5 Å². The maximum atomic E-state index is 13.3. The summed E-state index contributed by atoms with van der Waals surface area (Å²) in [6, 6.07) is 41.5. The molecule has 3 aliphatic heterocycles. The fourth-order valence-electron chi connectivity index (χ4n) is 7.97. The molecular weight excluding hydrogens is 897 g/mol. The van der Waals surface area contributed by atoms with Crippen molar-refractivity contribution in [3.05, 3.63) is 168 Å². The molecule has 0 saturated carbocycles. The van der Waals surface area contributed by atoms with Crippen LogP contribution in [0.2, 0.25) is 0 Å². The highest BCUT2D eigenvalue weighted by Gasteiger charge is 2.51. The highest BCUT2D eigenvalue weighted by molar-refractivity contribution is 5.93. The number of carbonyl (C=O) groups is 4. The van der Waals surface area contributed by atoms with Crippen molar-refractivity contribution in [3.8, 4) is 45.3 Å². The molecule has 9 rings (SSSR count). The van der Waals surface area contributed by atoms with Crippen LogP contribution in [0.4, 0.5) is 0 Å². The Labute approximate surface area is 405 Å². The van der Waals surface area contributed by atoms with E-state index < -0.39 is 54.6 Å². The van der Waals surface area contributed by atoms with E-state index in [1.165, 1.54) is 0 Å². The predicted molar refractivity (Wildman–Crippen MR) is 255 cm³/mol. The van der Waals surface area contributed by atoms with Gasteiger partial charge in [-0.1, -0.05) is 61.9 Å². The highest BCUT2D eigenvalue weighted by Crippen LogP contribution is 2.33. The zero-order valence-corrected chi connectivity index (χ0v) is 38.9. The van der Waals surface area contributed by atoms with Crippen molar-refractivity contribution < 1.29 is 66.5 Å². The number of hydrogen-bond donors (Lipinski definition) is 0. The van der Waals surface area contributed by atoms with Gasteiger partial charge in [0, 0.05) is 6.42 Å². The zero-order valence-electron chi connectivity index (χ0n) is 38.9. The number of rotatable bonds is 19. The molecule has 3 heterocycles. The van der Waals surface area contributed by atoms with E-state index in [1.54, 1.807) is 116 Å². The van der Waals surface area contributed by atoms with Gasteiger partial charge < -0.3 is 47.4 Å². The molecule has 6 atom stereocenters. The van der Waals surface area contributed by atoms with Crippen molar-refractivity contribution in [2.75, 3.05) is 33.5 Å². The van der Waals surface area contributed by atoms with Gasteiger partial charge >= 0.3 is 23.9 Å². The molecule has 0 spiro atoms. The number of methoxy groups -OCH3 is 1. The minimum absolute atomic E-state index is 0.0864. The smallest absolute Gasteiger partial charge is 0.343 e. The molecule has 6 unspecified atom stereocenters. The second-order valence-corrected chi connectivity index (χ2v) is 17.5. The quantitative estimate of drug-likeness (QED) is 0.0326. The first-order valence-corrected chi connectivity index (χ1v) is 23.2. The minimum atomic E-state index is -0.696. The number of carbonyl (C=O) groups excluding carboxylic acids is 4. The molecule has 3 fully saturated rings. The topological polar surface area (TPSA) is 164 Å². The first-order chi connectivity index (χ1) is 34.0. The average molecular weight is 949 g/mol. The third-order valence-electron chi connectivity index (χ3n) is 12.2. The third kappa shape index (κ3) is 11.7. The lowest BCUT2D eigenvalue weighted by Gasteiger charge is -2.20. The van der Waals surface area contributed by atoms with Crippen molar-refractivity contribution in [1.29, 1.82) is 0 Å². The Morgan fingerprint density at radius 2 is 0.914 bits per heavy atom. The molecule has 0 aromatic heterocycles. The maximum Gasteiger partial charge on any atom is 0.343 e. The molecule has 70 heavy (non-hydrogen) atoms. The number of fused-ring (bicyclic) bond motifs is 1. The molecule has 14 heteroatoms. The number of esters is 4. The Kier molecular flexibility index (Phi) is 14.7. The molecular formula is C56H52O14. The number of benzene rings is 6. The summed E-state index contributed by atoms with van der Waals surface area (Å²) < 4.78 is 57.3. The monoisotopic (exact) mass is 948 g/mol. The van der Waals surface area contributed by atoms with Gasteiger partial charge in [-0.25, -0.2) is 19.2 Å². The number of epoxide rings is 1. The van der Waals surface area contributed by atoms with E-state index in [0.717, 1.165) is 41.5 Å². The molecule has 0 amide bonds. The van der Waals surface area contributed by atoms with Gasteiger partial charge in [-0.2, -0.15) is 0 Å². The van der Waals surface area contributed by atoms with E-state index in [4.69, 9.17) is 47.4 Å². The van der Waals surface area contributed by atoms with Crippen molar-refractivity contribution >= 4 is 23.9 Å². The Morgan fingerprint density at radius 1 is 0.543 bits per heavy atom. The SMILES string of the molecule is CCCCC(OCC1(C)CO1)Oc1ccc(C(=O)Oc2ccc(-c3ccc(C(=O)OC4COC5C(OC(=O)c6ccc(-c7ccc(OC(=O)c8ccc(OC)cc8)cc7)cc6)COC45)cc3)cc2)cc1. The first-order valence-electron chi connectivity index (χ1n) is 23.2. The largest absolute Gasteiger partial charge is 0.497 e. The van der Waals surface area contributed by atoms with Gasteiger partial charge in [0.15, 0.2) is 18.5 Å². The standard InChI is InChI=1S/C56H52O14/c1-4-5-6-49(64-33-56(2)34-65-56)66-44-29-21-42(22-30-44)53(58)68-46-27-17-38(18-28-46)36-9-13-40(14-10-36)55(60)70-48-32-63-50-47(31-62-51(48)50)69-54(59)39-11-7-35(8-12-39)37-15-25-45(26-16-37)67-52(57)41-19-23-43(61-3)24-20-41/h7-30,47-51H,4-6,31-34H2,1-3H3. The fourth-order valence-corrected chi connectivity index (χ4v) is 7.97. The van der Waals surface area contributed by atoms with E-state index in [9.17, 15) is 19.2 Å². The Morgan fingerprint density at radius 3 is 1.31 bits per heavy atom. The van der Waals surface area contributed by atoms with Gasteiger partial charge in [-0.05, 0) is 133 Å². The van der Waals surface area contributed by atoms with Gasteiger partial charge in [0.2, 0.25) is 0 Å². The summed E-state index contributed by atoms with van der Waals surface area (Å²) in [6.45, 7) is 5.43. The third-order valence-corrected chi connectivity index (χ3v) is 12.2. The van der Waals surface area contributed by atoms with E-state index in [-0.39, 0.29) is 18.8 Å². The normalized spacial score (nSPS) is 20.4. The van der Waals surface area contributed by atoms with Crippen LogP contribution >= 0.6 is 0 Å². The number of unbranched alkanes of at least 4 members (excludes halogenated alkanes) is 1. The molecule has 14 nitrogen and oxygen atoms in total. The summed E-state index contributed by atoms with van der Waals surface area (Å²) in [5, 5.41) is 0. The summed E-state index contributed by atoms with van der Waals surface area (Å²) in [7, 11) is 1.56. The summed E-state index contributed by atoms with van der Waals surface area (Å²) in [6.07, 6.45) is -0.281. The lowest BCUT2D eigenvalue weighted by atomic mass is 10.0. The van der Waals surface area contributed by atoms with Gasteiger partial charge in [0.25, 0.3) is 0 Å². The Balaban J connectivity index is 0.715. The molecule has 0 radical (unpaired) electrons. The summed E-state index contributed by atoms with van der Waals surface area (Å²) in [5.41, 5.74) is 4.62.